The minimum atomic E-state index is -0.185. The molecule has 0 fully saturated rings. The van der Waals surface area contributed by atoms with Crippen LogP contribution in [0.2, 0.25) is 0 Å². The number of hydrogen-bond donors (Lipinski definition) is 2. The Morgan fingerprint density at radius 2 is 2.39 bits per heavy atom. The van der Waals surface area contributed by atoms with Gasteiger partial charge in [0.1, 0.15) is 5.39 Å². The summed E-state index contributed by atoms with van der Waals surface area (Å²) in [7, 11) is 0. The maximum absolute atomic E-state index is 11.9. The molecule has 7 heteroatoms. The fraction of sp³-hybridized carbons (Fsp3) is 0.545. The predicted octanol–water partition coefficient (Wildman–Crippen LogP) is 1.00. The van der Waals surface area contributed by atoms with Crippen LogP contribution in [-0.2, 0) is 6.54 Å². The Bertz CT molecular complexity index is 592. The number of rotatable bonds is 5. The number of H-pyrrole nitrogens is 1. The molecule has 2 rings (SSSR count). The standard InChI is InChI=1S/C11H16N4O2S/c1-3-7(2)18-11-13-9-8(10(17)14-11)6-12-15(9)4-5-16/h6-7,16H,3-5H2,1-2H3,(H,13,14,17). The first kappa shape index (κ1) is 13.1. The molecular formula is C11H16N4O2S. The molecule has 2 aromatic heterocycles. The van der Waals surface area contributed by atoms with Gasteiger partial charge in [0.25, 0.3) is 5.56 Å². The minimum absolute atomic E-state index is 0.0287. The van der Waals surface area contributed by atoms with Crippen molar-refractivity contribution < 1.29 is 5.11 Å². The Labute approximate surface area is 108 Å². The number of nitrogens with zero attached hydrogens (tertiary/aromatic N) is 3. The third-order valence-electron chi connectivity index (χ3n) is 2.68. The molecule has 2 heterocycles. The molecule has 0 aromatic carbocycles. The SMILES string of the molecule is CCC(C)Sc1nc2c(cnn2CCO)c(=O)[nH]1. The third-order valence-corrected chi connectivity index (χ3v) is 3.84. The van der Waals surface area contributed by atoms with Crippen LogP contribution in [0.1, 0.15) is 20.3 Å². The molecule has 0 spiro atoms. The monoisotopic (exact) mass is 268 g/mol. The fourth-order valence-electron chi connectivity index (χ4n) is 1.53. The summed E-state index contributed by atoms with van der Waals surface area (Å²) in [6.45, 7) is 4.48. The van der Waals surface area contributed by atoms with E-state index in [1.165, 1.54) is 18.0 Å². The number of thioether (sulfide) groups is 1. The number of hydrogen-bond acceptors (Lipinski definition) is 5. The van der Waals surface area contributed by atoms with Gasteiger partial charge in [-0.1, -0.05) is 25.6 Å². The highest BCUT2D eigenvalue weighted by Crippen LogP contribution is 2.21. The molecule has 18 heavy (non-hydrogen) atoms. The lowest BCUT2D eigenvalue weighted by molar-refractivity contribution is 0.271. The Morgan fingerprint density at radius 1 is 1.61 bits per heavy atom. The van der Waals surface area contributed by atoms with Crippen molar-refractivity contribution >= 4 is 22.8 Å². The summed E-state index contributed by atoms with van der Waals surface area (Å²) in [6.07, 6.45) is 2.48. The second-order valence-electron chi connectivity index (χ2n) is 4.04. The molecule has 0 aliphatic rings. The van der Waals surface area contributed by atoms with E-state index < -0.39 is 0 Å². The van der Waals surface area contributed by atoms with Crippen LogP contribution in [0.25, 0.3) is 11.0 Å². The van der Waals surface area contributed by atoms with Crippen LogP contribution >= 0.6 is 11.8 Å². The largest absolute Gasteiger partial charge is 0.394 e. The number of nitrogens with one attached hydrogen (secondary N) is 1. The van der Waals surface area contributed by atoms with Crippen LogP contribution in [0.3, 0.4) is 0 Å². The Kier molecular flexibility index (Phi) is 4.03. The normalized spacial score (nSPS) is 13.1. The molecule has 0 amide bonds. The van der Waals surface area contributed by atoms with E-state index in [1.54, 1.807) is 4.68 Å². The molecular weight excluding hydrogens is 252 g/mol. The lowest BCUT2D eigenvalue weighted by Crippen LogP contribution is -2.12. The minimum Gasteiger partial charge on any atom is -0.394 e. The van der Waals surface area contributed by atoms with Gasteiger partial charge in [-0.15, -0.1) is 0 Å². The lowest BCUT2D eigenvalue weighted by Gasteiger charge is -2.07. The zero-order chi connectivity index (χ0) is 13.1. The van der Waals surface area contributed by atoms with Crippen LogP contribution in [0.5, 0.6) is 0 Å². The van der Waals surface area contributed by atoms with E-state index in [2.05, 4.69) is 28.9 Å². The van der Waals surface area contributed by atoms with Gasteiger partial charge >= 0.3 is 0 Å². The van der Waals surface area contributed by atoms with E-state index in [0.717, 1.165) is 6.42 Å². The van der Waals surface area contributed by atoms with Crippen molar-refractivity contribution in [1.29, 1.82) is 0 Å². The smallest absolute Gasteiger partial charge is 0.262 e. The van der Waals surface area contributed by atoms with E-state index >= 15 is 0 Å². The van der Waals surface area contributed by atoms with Crippen molar-refractivity contribution in [2.75, 3.05) is 6.61 Å². The summed E-state index contributed by atoms with van der Waals surface area (Å²) in [4.78, 5) is 19.0. The highest BCUT2D eigenvalue weighted by atomic mass is 32.2. The van der Waals surface area contributed by atoms with Gasteiger partial charge in [-0.3, -0.25) is 4.79 Å². The highest BCUT2D eigenvalue weighted by molar-refractivity contribution is 7.99. The van der Waals surface area contributed by atoms with Crippen molar-refractivity contribution in [3.05, 3.63) is 16.6 Å². The first-order valence-electron chi connectivity index (χ1n) is 5.89. The van der Waals surface area contributed by atoms with Gasteiger partial charge in [0, 0.05) is 5.25 Å². The molecule has 6 nitrogen and oxygen atoms in total. The van der Waals surface area contributed by atoms with E-state index in [4.69, 9.17) is 5.11 Å². The first-order valence-corrected chi connectivity index (χ1v) is 6.77. The van der Waals surface area contributed by atoms with Crippen LogP contribution in [-0.4, -0.2) is 36.7 Å². The molecule has 1 atom stereocenters. The quantitative estimate of drug-likeness (QED) is 0.624. The van der Waals surface area contributed by atoms with E-state index in [9.17, 15) is 4.79 Å². The molecule has 0 aliphatic heterocycles. The van der Waals surface area contributed by atoms with Crippen LogP contribution in [0, 0.1) is 0 Å². The van der Waals surface area contributed by atoms with Crippen molar-refractivity contribution in [2.24, 2.45) is 0 Å². The van der Waals surface area contributed by atoms with Gasteiger partial charge in [-0.05, 0) is 6.42 Å². The summed E-state index contributed by atoms with van der Waals surface area (Å²) in [5.74, 6) is 0. The van der Waals surface area contributed by atoms with Gasteiger partial charge in [0.05, 0.1) is 19.3 Å². The molecule has 1 unspecified atom stereocenters. The zero-order valence-electron chi connectivity index (χ0n) is 10.4. The number of aromatic nitrogens is 4. The summed E-state index contributed by atoms with van der Waals surface area (Å²) >= 11 is 1.53. The maximum Gasteiger partial charge on any atom is 0.262 e. The maximum atomic E-state index is 11.9. The number of aliphatic hydroxyl groups excluding tert-OH is 1. The molecule has 0 saturated heterocycles. The second kappa shape index (κ2) is 5.53. The Morgan fingerprint density at radius 3 is 3.06 bits per heavy atom. The Balaban J connectivity index is 2.45. The number of fused-ring (bicyclic) bond motifs is 1. The molecule has 0 bridgehead atoms. The molecule has 98 valence electrons. The van der Waals surface area contributed by atoms with Crippen molar-refractivity contribution in [3.8, 4) is 0 Å². The predicted molar refractivity (Wildman–Crippen MR) is 70.8 cm³/mol. The topological polar surface area (TPSA) is 83.8 Å². The summed E-state index contributed by atoms with van der Waals surface area (Å²) in [5, 5.41) is 14.4. The lowest BCUT2D eigenvalue weighted by atomic mass is 10.4. The third kappa shape index (κ3) is 2.56. The highest BCUT2D eigenvalue weighted by Gasteiger charge is 2.11. The van der Waals surface area contributed by atoms with Gasteiger partial charge in [0.15, 0.2) is 10.8 Å². The van der Waals surface area contributed by atoms with E-state index in [1.807, 2.05) is 0 Å². The van der Waals surface area contributed by atoms with Crippen molar-refractivity contribution in [3.63, 3.8) is 0 Å². The van der Waals surface area contributed by atoms with Crippen LogP contribution in [0.15, 0.2) is 16.1 Å². The zero-order valence-corrected chi connectivity index (χ0v) is 11.2. The van der Waals surface area contributed by atoms with Gasteiger partial charge in [-0.2, -0.15) is 5.10 Å². The van der Waals surface area contributed by atoms with Crippen molar-refractivity contribution in [2.45, 2.75) is 37.2 Å². The van der Waals surface area contributed by atoms with Gasteiger partial charge < -0.3 is 10.1 Å². The average molecular weight is 268 g/mol. The first-order chi connectivity index (χ1) is 8.65. The summed E-state index contributed by atoms with van der Waals surface area (Å²) in [6, 6.07) is 0. The molecule has 0 saturated carbocycles. The summed E-state index contributed by atoms with van der Waals surface area (Å²) < 4.78 is 1.55. The van der Waals surface area contributed by atoms with Gasteiger partial charge in [-0.25, -0.2) is 9.67 Å². The van der Waals surface area contributed by atoms with Crippen LogP contribution in [0.4, 0.5) is 0 Å². The molecule has 0 radical (unpaired) electrons. The fourth-order valence-corrected chi connectivity index (χ4v) is 2.37. The molecule has 2 aromatic rings. The van der Waals surface area contributed by atoms with Crippen molar-refractivity contribution in [1.82, 2.24) is 19.7 Å². The summed E-state index contributed by atoms with van der Waals surface area (Å²) in [5.41, 5.74) is 0.341. The molecule has 0 aliphatic carbocycles. The number of aliphatic hydroxyl groups is 1. The van der Waals surface area contributed by atoms with Crippen LogP contribution < -0.4 is 5.56 Å². The van der Waals surface area contributed by atoms with Gasteiger partial charge in [0.2, 0.25) is 0 Å². The average Bonchev–Trinajstić information content (AvgIpc) is 2.73. The number of aromatic amines is 1. The van der Waals surface area contributed by atoms with E-state index in [-0.39, 0.29) is 12.2 Å². The second-order valence-corrected chi connectivity index (χ2v) is 5.46. The van der Waals surface area contributed by atoms with E-state index in [0.29, 0.717) is 28.0 Å². The molecule has 2 N–H and O–H groups in total. The Hall–Kier alpha value is -1.34.